The predicted octanol–water partition coefficient (Wildman–Crippen LogP) is 3.82. The Bertz CT molecular complexity index is 1280. The number of aromatic nitrogens is 3. The Morgan fingerprint density at radius 3 is 2.62 bits per heavy atom. The zero-order chi connectivity index (χ0) is 23.6. The molecule has 0 saturated heterocycles. The SMILES string of the molecule is CN(Cc1ccc(Cl)s1)c1cc(-c2cc(=O)n(CC=O)cc2C#N)nn1C(=O)C(C)(C)C. The van der Waals surface area contributed by atoms with E-state index in [9.17, 15) is 19.6 Å². The van der Waals surface area contributed by atoms with Gasteiger partial charge in [0.15, 0.2) is 0 Å². The van der Waals surface area contributed by atoms with Crippen LogP contribution in [0.3, 0.4) is 0 Å². The van der Waals surface area contributed by atoms with Crippen LogP contribution >= 0.6 is 22.9 Å². The average Bonchev–Trinajstić information content (AvgIpc) is 3.34. The molecular weight excluding hydrogens is 450 g/mol. The molecule has 0 aromatic carbocycles. The molecule has 8 nitrogen and oxygen atoms in total. The number of rotatable bonds is 6. The maximum atomic E-state index is 13.1. The third kappa shape index (κ3) is 4.82. The van der Waals surface area contributed by atoms with Gasteiger partial charge < -0.3 is 14.3 Å². The number of halogens is 1. The second-order valence-corrected chi connectivity index (χ2v) is 10.1. The van der Waals surface area contributed by atoms with Gasteiger partial charge in [-0.1, -0.05) is 32.4 Å². The highest BCUT2D eigenvalue weighted by Gasteiger charge is 2.28. The molecule has 3 aromatic heterocycles. The van der Waals surface area contributed by atoms with Crippen LogP contribution < -0.4 is 10.5 Å². The van der Waals surface area contributed by atoms with Gasteiger partial charge in [0.1, 0.15) is 18.2 Å². The van der Waals surface area contributed by atoms with Crippen molar-refractivity contribution in [2.45, 2.75) is 33.9 Å². The minimum atomic E-state index is -0.712. The predicted molar refractivity (Wildman–Crippen MR) is 124 cm³/mol. The molecule has 0 aliphatic heterocycles. The van der Waals surface area contributed by atoms with Crippen LogP contribution in [0.1, 0.15) is 36.0 Å². The van der Waals surface area contributed by atoms with Crippen LogP contribution in [0, 0.1) is 16.7 Å². The lowest BCUT2D eigenvalue weighted by molar-refractivity contribution is -0.108. The first-order chi connectivity index (χ1) is 15.0. The molecular formula is C22H22ClN5O3S. The lowest BCUT2D eigenvalue weighted by Gasteiger charge is -2.22. The van der Waals surface area contributed by atoms with E-state index in [1.165, 1.54) is 28.3 Å². The summed E-state index contributed by atoms with van der Waals surface area (Å²) in [6, 6.07) is 8.71. The van der Waals surface area contributed by atoms with Crippen LogP contribution in [0.2, 0.25) is 4.34 Å². The maximum absolute atomic E-state index is 13.1. The summed E-state index contributed by atoms with van der Waals surface area (Å²) in [7, 11) is 1.83. The van der Waals surface area contributed by atoms with Crippen LogP contribution in [0.4, 0.5) is 5.82 Å². The van der Waals surface area contributed by atoms with E-state index in [0.717, 1.165) is 9.44 Å². The number of carbonyl (C=O) groups excluding carboxylic acids is 2. The molecule has 3 aromatic rings. The summed E-state index contributed by atoms with van der Waals surface area (Å²) >= 11 is 7.48. The molecule has 0 N–H and O–H groups in total. The Hall–Kier alpha value is -3.22. The summed E-state index contributed by atoms with van der Waals surface area (Å²) in [5.41, 5.74) is -0.352. The highest BCUT2D eigenvalue weighted by atomic mass is 35.5. The second kappa shape index (κ2) is 9.10. The first-order valence-electron chi connectivity index (χ1n) is 9.74. The van der Waals surface area contributed by atoms with Crippen LogP contribution in [-0.4, -0.2) is 33.6 Å². The molecule has 0 saturated carbocycles. The number of pyridine rings is 1. The average molecular weight is 472 g/mol. The summed E-state index contributed by atoms with van der Waals surface area (Å²) in [5, 5.41) is 14.1. The van der Waals surface area contributed by atoms with E-state index in [2.05, 4.69) is 5.10 Å². The highest BCUT2D eigenvalue weighted by molar-refractivity contribution is 7.16. The van der Waals surface area contributed by atoms with Gasteiger partial charge in [-0.3, -0.25) is 9.59 Å². The van der Waals surface area contributed by atoms with Gasteiger partial charge in [-0.15, -0.1) is 11.3 Å². The van der Waals surface area contributed by atoms with Crippen LogP contribution in [0.5, 0.6) is 0 Å². The van der Waals surface area contributed by atoms with Crippen molar-refractivity contribution in [3.63, 3.8) is 0 Å². The van der Waals surface area contributed by atoms with Gasteiger partial charge in [-0.05, 0) is 12.1 Å². The van der Waals surface area contributed by atoms with E-state index >= 15 is 0 Å². The molecule has 10 heteroatoms. The fourth-order valence-electron chi connectivity index (χ4n) is 3.09. The Morgan fingerprint density at radius 2 is 2.06 bits per heavy atom. The molecule has 166 valence electrons. The smallest absolute Gasteiger partial charge is 0.254 e. The van der Waals surface area contributed by atoms with Crippen molar-refractivity contribution in [1.82, 2.24) is 14.3 Å². The Labute approximate surface area is 194 Å². The Balaban J connectivity index is 2.13. The molecule has 3 heterocycles. The van der Waals surface area contributed by atoms with Crippen molar-refractivity contribution >= 4 is 40.9 Å². The summed E-state index contributed by atoms with van der Waals surface area (Å²) < 4.78 is 3.13. The van der Waals surface area contributed by atoms with Gasteiger partial charge in [-0.25, -0.2) is 0 Å². The number of hydrogen-bond acceptors (Lipinski definition) is 7. The van der Waals surface area contributed by atoms with E-state index < -0.39 is 11.0 Å². The van der Waals surface area contributed by atoms with Gasteiger partial charge in [0, 0.05) is 41.2 Å². The van der Waals surface area contributed by atoms with Crippen LogP contribution in [-0.2, 0) is 17.9 Å². The highest BCUT2D eigenvalue weighted by Crippen LogP contribution is 2.30. The van der Waals surface area contributed by atoms with E-state index in [4.69, 9.17) is 11.6 Å². The summed E-state index contributed by atoms with van der Waals surface area (Å²) in [4.78, 5) is 39.2. The molecule has 0 aliphatic carbocycles. The Morgan fingerprint density at radius 1 is 1.34 bits per heavy atom. The standard InChI is InChI=1S/C22H22ClN5O3S/c1-22(2,3)21(31)28-19(26(4)13-15-5-6-18(23)32-15)10-17(25-28)16-9-20(30)27(7-8-29)12-14(16)11-24/h5-6,8-10,12H,7,13H2,1-4H3. The molecule has 32 heavy (non-hydrogen) atoms. The zero-order valence-corrected chi connectivity index (χ0v) is 19.7. The third-order valence-corrected chi connectivity index (χ3v) is 5.95. The maximum Gasteiger partial charge on any atom is 0.254 e. The van der Waals surface area contributed by atoms with E-state index in [1.807, 2.05) is 30.1 Å². The largest absolute Gasteiger partial charge is 0.354 e. The first-order valence-corrected chi connectivity index (χ1v) is 10.9. The monoisotopic (exact) mass is 471 g/mol. The lowest BCUT2D eigenvalue weighted by Crippen LogP contribution is -2.31. The van der Waals surface area contributed by atoms with Crippen LogP contribution in [0.25, 0.3) is 11.3 Å². The number of hydrogen-bond donors (Lipinski definition) is 0. The molecule has 3 rings (SSSR count). The molecule has 0 aliphatic rings. The van der Waals surface area contributed by atoms with E-state index in [-0.39, 0.29) is 18.0 Å². The van der Waals surface area contributed by atoms with Gasteiger partial charge in [0.25, 0.3) is 11.5 Å². The summed E-state index contributed by atoms with van der Waals surface area (Å²) in [5.74, 6) is 0.285. The minimum absolute atomic E-state index is 0.151. The molecule has 0 amide bonds. The first kappa shape index (κ1) is 23.4. The molecule has 0 unspecified atom stereocenters. The van der Waals surface area contributed by atoms with Crippen molar-refractivity contribution in [3.8, 4) is 17.3 Å². The lowest BCUT2D eigenvalue weighted by atomic mass is 9.96. The molecule has 0 radical (unpaired) electrons. The van der Waals surface area contributed by atoms with E-state index in [1.54, 1.807) is 26.8 Å². The van der Waals surface area contributed by atoms with Gasteiger partial charge >= 0.3 is 0 Å². The second-order valence-electron chi connectivity index (χ2n) is 8.29. The van der Waals surface area contributed by atoms with Crippen molar-refractivity contribution in [2.75, 3.05) is 11.9 Å². The molecule has 0 atom stereocenters. The number of nitrogens with zero attached hydrogens (tertiary/aromatic N) is 5. The van der Waals surface area contributed by atoms with Crippen molar-refractivity contribution in [3.05, 3.63) is 55.6 Å². The molecule has 0 bridgehead atoms. The summed E-state index contributed by atoms with van der Waals surface area (Å²) in [6.45, 7) is 5.72. The topological polar surface area (TPSA) is 101 Å². The third-order valence-electron chi connectivity index (χ3n) is 4.73. The van der Waals surface area contributed by atoms with Crippen molar-refractivity contribution in [2.24, 2.45) is 5.41 Å². The number of aldehydes is 1. The quantitative estimate of drug-likeness (QED) is 0.506. The zero-order valence-electron chi connectivity index (χ0n) is 18.1. The number of nitriles is 1. The fourth-order valence-corrected chi connectivity index (χ4v) is 4.23. The van der Waals surface area contributed by atoms with Crippen LogP contribution in [0.15, 0.2) is 35.3 Å². The minimum Gasteiger partial charge on any atom is -0.354 e. The van der Waals surface area contributed by atoms with E-state index in [0.29, 0.717) is 34.2 Å². The summed E-state index contributed by atoms with van der Waals surface area (Å²) in [6.07, 6.45) is 1.91. The molecule has 0 spiro atoms. The van der Waals surface area contributed by atoms with Gasteiger partial charge in [0.2, 0.25) is 0 Å². The molecule has 0 fully saturated rings. The van der Waals surface area contributed by atoms with Crippen molar-refractivity contribution in [1.29, 1.82) is 5.26 Å². The Kier molecular flexibility index (Phi) is 6.67. The van der Waals surface area contributed by atoms with Gasteiger partial charge in [-0.2, -0.15) is 15.0 Å². The number of carbonyl (C=O) groups is 2. The van der Waals surface area contributed by atoms with Gasteiger partial charge in [0.05, 0.1) is 28.7 Å². The normalized spacial score (nSPS) is 11.2. The fraction of sp³-hybridized carbons (Fsp3) is 0.318. The van der Waals surface area contributed by atoms with Crippen molar-refractivity contribution < 1.29 is 9.59 Å². The number of thiophene rings is 1. The number of anilines is 1.